The molecule has 0 aromatic rings. The Kier molecular flexibility index (Phi) is 15.9. The lowest BCUT2D eigenvalue weighted by Gasteiger charge is -2.20. The summed E-state index contributed by atoms with van der Waals surface area (Å²) in [6.45, 7) is 3.99. The summed E-state index contributed by atoms with van der Waals surface area (Å²) in [7, 11) is 0. The molecule has 0 rings (SSSR count). The average molecular weight is 344 g/mol. The minimum Gasteiger partial charge on any atom is -0.480 e. The molecule has 6 heteroatoms. The molecule has 0 atom stereocenters. The Morgan fingerprint density at radius 1 is 0.792 bits per heavy atom. The Morgan fingerprint density at radius 3 is 1.83 bits per heavy atom. The van der Waals surface area contributed by atoms with Gasteiger partial charge in [0.15, 0.2) is 0 Å². The molecule has 0 heterocycles. The predicted octanol–water partition coefficient (Wildman–Crippen LogP) is 2.97. The van der Waals surface area contributed by atoms with Crippen LogP contribution in [0.1, 0.15) is 71.1 Å². The van der Waals surface area contributed by atoms with E-state index in [-0.39, 0.29) is 13.1 Å². The number of unbranched alkanes of at least 4 members (excludes halogenated alkanes) is 9. The number of hydrogen-bond acceptors (Lipinski definition) is 4. The molecule has 0 aliphatic rings. The summed E-state index contributed by atoms with van der Waals surface area (Å²) in [5.74, 6) is -1.73. The van der Waals surface area contributed by atoms with Crippen molar-refractivity contribution in [1.29, 1.82) is 0 Å². The smallest absolute Gasteiger partial charge is 0.317 e. The van der Waals surface area contributed by atoms with Gasteiger partial charge in [-0.2, -0.15) is 0 Å². The van der Waals surface area contributed by atoms with E-state index < -0.39 is 11.9 Å². The molecule has 6 nitrogen and oxygen atoms in total. The Balaban J connectivity index is 3.60. The van der Waals surface area contributed by atoms with Crippen LogP contribution in [0.4, 0.5) is 0 Å². The molecule has 0 saturated carbocycles. The first-order valence-corrected chi connectivity index (χ1v) is 9.43. The number of carboxylic acid groups (broad SMARTS) is 2. The van der Waals surface area contributed by atoms with Crippen LogP contribution >= 0.6 is 0 Å². The Bertz CT molecular complexity index is 324. The van der Waals surface area contributed by atoms with Crippen molar-refractivity contribution in [2.75, 3.05) is 32.7 Å². The van der Waals surface area contributed by atoms with Crippen LogP contribution in [0.25, 0.3) is 0 Å². The zero-order chi connectivity index (χ0) is 18.0. The number of aliphatic carboxylic acids is 2. The molecule has 24 heavy (non-hydrogen) atoms. The Morgan fingerprint density at radius 2 is 1.33 bits per heavy atom. The fourth-order valence-corrected chi connectivity index (χ4v) is 2.72. The largest absolute Gasteiger partial charge is 0.480 e. The minimum absolute atomic E-state index is 0.0200. The molecule has 0 fully saturated rings. The van der Waals surface area contributed by atoms with E-state index in [2.05, 4.69) is 12.2 Å². The van der Waals surface area contributed by atoms with E-state index in [1.807, 2.05) is 4.90 Å². The topological polar surface area (TPSA) is 89.9 Å². The number of hydrogen-bond donors (Lipinski definition) is 3. The van der Waals surface area contributed by atoms with Crippen LogP contribution in [0.5, 0.6) is 0 Å². The van der Waals surface area contributed by atoms with Gasteiger partial charge < -0.3 is 15.5 Å². The van der Waals surface area contributed by atoms with Crippen molar-refractivity contribution >= 4 is 11.9 Å². The maximum atomic E-state index is 10.9. The summed E-state index contributed by atoms with van der Waals surface area (Å²) >= 11 is 0. The first-order valence-electron chi connectivity index (χ1n) is 9.43. The fourth-order valence-electron chi connectivity index (χ4n) is 2.72. The van der Waals surface area contributed by atoms with Gasteiger partial charge in [0.2, 0.25) is 0 Å². The molecule has 0 spiro atoms. The molecule has 0 saturated heterocycles. The molecule has 0 unspecified atom stereocenters. The fraction of sp³-hybridized carbons (Fsp3) is 0.889. The van der Waals surface area contributed by atoms with Crippen molar-refractivity contribution in [2.45, 2.75) is 71.1 Å². The Hall–Kier alpha value is -1.14. The molecule has 142 valence electrons. The van der Waals surface area contributed by atoms with Crippen LogP contribution in [0.3, 0.4) is 0 Å². The molecule has 0 aliphatic heterocycles. The SMILES string of the molecule is CCCCCCCCCCCCN(CCNCC(=O)O)CC(=O)O. The second kappa shape index (κ2) is 16.7. The van der Waals surface area contributed by atoms with Crippen LogP contribution in [-0.4, -0.2) is 59.8 Å². The molecule has 0 amide bonds. The lowest BCUT2D eigenvalue weighted by atomic mass is 10.1. The molecular weight excluding hydrogens is 308 g/mol. The normalized spacial score (nSPS) is 11.1. The highest BCUT2D eigenvalue weighted by atomic mass is 16.4. The number of nitrogens with zero attached hydrogens (tertiary/aromatic N) is 1. The highest BCUT2D eigenvalue weighted by Gasteiger charge is 2.09. The second-order valence-corrected chi connectivity index (χ2v) is 6.42. The van der Waals surface area contributed by atoms with Crippen molar-refractivity contribution in [3.05, 3.63) is 0 Å². The van der Waals surface area contributed by atoms with E-state index in [0.717, 1.165) is 19.4 Å². The standard InChI is InChI=1S/C18H36N2O4/c1-2-3-4-5-6-7-8-9-10-11-13-20(16-18(23)24)14-12-19-15-17(21)22/h19H,2-16H2,1H3,(H,21,22)(H,23,24). The van der Waals surface area contributed by atoms with Gasteiger partial charge in [-0.15, -0.1) is 0 Å². The highest BCUT2D eigenvalue weighted by Crippen LogP contribution is 2.10. The van der Waals surface area contributed by atoms with Gasteiger partial charge in [-0.1, -0.05) is 64.7 Å². The summed E-state index contributed by atoms with van der Waals surface area (Å²) < 4.78 is 0. The molecule has 0 bridgehead atoms. The van der Waals surface area contributed by atoms with Gasteiger partial charge in [-0.05, 0) is 13.0 Å². The molecule has 3 N–H and O–H groups in total. The van der Waals surface area contributed by atoms with Crippen molar-refractivity contribution < 1.29 is 19.8 Å². The van der Waals surface area contributed by atoms with E-state index in [1.54, 1.807) is 0 Å². The summed E-state index contributed by atoms with van der Waals surface area (Å²) in [5, 5.41) is 20.3. The van der Waals surface area contributed by atoms with E-state index in [0.29, 0.717) is 13.1 Å². The molecule has 0 aromatic heterocycles. The van der Waals surface area contributed by atoms with Crippen molar-refractivity contribution in [3.63, 3.8) is 0 Å². The van der Waals surface area contributed by atoms with Crippen molar-refractivity contribution in [1.82, 2.24) is 10.2 Å². The van der Waals surface area contributed by atoms with Crippen LogP contribution in [0.15, 0.2) is 0 Å². The van der Waals surface area contributed by atoms with E-state index in [1.165, 1.54) is 51.4 Å². The third-order valence-corrected chi connectivity index (χ3v) is 4.07. The van der Waals surface area contributed by atoms with Crippen LogP contribution in [0, 0.1) is 0 Å². The minimum atomic E-state index is -0.894. The van der Waals surface area contributed by atoms with Crippen LogP contribution < -0.4 is 5.32 Å². The van der Waals surface area contributed by atoms with Gasteiger partial charge in [0, 0.05) is 13.1 Å². The first kappa shape index (κ1) is 22.9. The summed E-state index contributed by atoms with van der Waals surface area (Å²) in [5.41, 5.74) is 0. The number of rotatable bonds is 18. The van der Waals surface area contributed by atoms with Gasteiger partial charge in [0.25, 0.3) is 0 Å². The zero-order valence-electron chi connectivity index (χ0n) is 15.3. The van der Waals surface area contributed by atoms with Gasteiger partial charge >= 0.3 is 11.9 Å². The summed E-state index contributed by atoms with van der Waals surface area (Å²) in [4.78, 5) is 23.2. The van der Waals surface area contributed by atoms with Crippen molar-refractivity contribution in [3.8, 4) is 0 Å². The number of nitrogens with one attached hydrogen (secondary N) is 1. The highest BCUT2D eigenvalue weighted by molar-refractivity contribution is 5.69. The predicted molar refractivity (Wildman–Crippen MR) is 96.4 cm³/mol. The summed E-state index contributed by atoms with van der Waals surface area (Å²) in [6, 6.07) is 0. The number of carboxylic acids is 2. The van der Waals surface area contributed by atoms with Crippen LogP contribution in [-0.2, 0) is 9.59 Å². The Labute approximate surface area is 146 Å². The van der Waals surface area contributed by atoms with Gasteiger partial charge in [-0.3, -0.25) is 14.5 Å². The van der Waals surface area contributed by atoms with Gasteiger partial charge in [0.05, 0.1) is 13.1 Å². The third kappa shape index (κ3) is 17.2. The van der Waals surface area contributed by atoms with Crippen molar-refractivity contribution in [2.24, 2.45) is 0 Å². The molecule has 0 radical (unpaired) electrons. The lowest BCUT2D eigenvalue weighted by molar-refractivity contribution is -0.139. The van der Waals surface area contributed by atoms with Gasteiger partial charge in [0.1, 0.15) is 0 Å². The van der Waals surface area contributed by atoms with Crippen LogP contribution in [0.2, 0.25) is 0 Å². The maximum absolute atomic E-state index is 10.9. The van der Waals surface area contributed by atoms with E-state index in [9.17, 15) is 9.59 Å². The quantitative estimate of drug-likeness (QED) is 0.331. The first-order chi connectivity index (χ1) is 11.6. The van der Waals surface area contributed by atoms with E-state index in [4.69, 9.17) is 10.2 Å². The molecule has 0 aromatic carbocycles. The number of carbonyl (C=O) groups is 2. The zero-order valence-corrected chi connectivity index (χ0v) is 15.3. The average Bonchev–Trinajstić information content (AvgIpc) is 2.52. The monoisotopic (exact) mass is 344 g/mol. The third-order valence-electron chi connectivity index (χ3n) is 4.07. The molecule has 0 aliphatic carbocycles. The second-order valence-electron chi connectivity index (χ2n) is 6.42. The summed E-state index contributed by atoms with van der Waals surface area (Å²) in [6.07, 6.45) is 12.6. The molecular formula is C18H36N2O4. The van der Waals surface area contributed by atoms with Gasteiger partial charge in [-0.25, -0.2) is 0 Å². The lowest BCUT2D eigenvalue weighted by Crippen LogP contribution is -2.37. The van der Waals surface area contributed by atoms with E-state index >= 15 is 0 Å². The maximum Gasteiger partial charge on any atom is 0.317 e.